The van der Waals surface area contributed by atoms with Gasteiger partial charge in [0, 0.05) is 20.0 Å². The van der Waals surface area contributed by atoms with Gasteiger partial charge in [-0.15, -0.1) is 0 Å². The van der Waals surface area contributed by atoms with Gasteiger partial charge in [0.25, 0.3) is 15.7 Å². The molecule has 166 valence electrons. The highest BCUT2D eigenvalue weighted by Gasteiger charge is 2.51. The van der Waals surface area contributed by atoms with Crippen molar-refractivity contribution in [1.82, 2.24) is 9.55 Å². The van der Waals surface area contributed by atoms with Crippen LogP contribution in [0.1, 0.15) is 25.6 Å². The van der Waals surface area contributed by atoms with E-state index in [1.807, 2.05) is 0 Å². The van der Waals surface area contributed by atoms with Crippen LogP contribution in [0.25, 0.3) is 6.08 Å². The molecule has 14 heteroatoms. The predicted molar refractivity (Wildman–Crippen MR) is 105 cm³/mol. The number of esters is 2. The van der Waals surface area contributed by atoms with Gasteiger partial charge in [0.2, 0.25) is 0 Å². The van der Waals surface area contributed by atoms with Crippen molar-refractivity contribution in [3.05, 3.63) is 37.6 Å². The molecule has 1 aliphatic heterocycles. The van der Waals surface area contributed by atoms with Crippen LogP contribution >= 0.6 is 15.9 Å². The quantitative estimate of drug-likeness (QED) is 0.378. The lowest BCUT2D eigenvalue weighted by molar-refractivity contribution is -0.155. The van der Waals surface area contributed by atoms with E-state index in [1.54, 1.807) is 0 Å². The van der Waals surface area contributed by atoms with E-state index in [4.69, 9.17) is 18.4 Å². The predicted octanol–water partition coefficient (Wildman–Crippen LogP) is -0.361. The average molecular weight is 511 g/mol. The second kappa shape index (κ2) is 9.68. The number of carbonyl (C=O) groups excluding carboxylic acids is 2. The van der Waals surface area contributed by atoms with Crippen molar-refractivity contribution in [2.45, 2.75) is 38.4 Å². The number of hydrogen-bond donors (Lipinski definition) is 1. The number of halogens is 1. The van der Waals surface area contributed by atoms with Crippen molar-refractivity contribution in [2.24, 2.45) is 0 Å². The molecule has 1 fully saturated rings. The molecule has 0 radical (unpaired) electrons. The maximum atomic E-state index is 12.4. The first-order chi connectivity index (χ1) is 13.9. The monoisotopic (exact) mass is 510 g/mol. The van der Waals surface area contributed by atoms with Gasteiger partial charge in [0.05, 0.1) is 11.8 Å². The highest BCUT2D eigenvalue weighted by Crippen LogP contribution is 2.34. The van der Waals surface area contributed by atoms with Gasteiger partial charge in [-0.1, -0.05) is 15.9 Å². The number of nitrogens with zero attached hydrogens (tertiary/aromatic N) is 1. The molecule has 2 rings (SSSR count). The maximum Gasteiger partial charge on any atom is 0.330 e. The summed E-state index contributed by atoms with van der Waals surface area (Å²) in [6.07, 6.45) is -2.15. The van der Waals surface area contributed by atoms with Gasteiger partial charge in [-0.25, -0.2) is 4.79 Å². The van der Waals surface area contributed by atoms with E-state index in [0.29, 0.717) is 0 Å². The van der Waals surface area contributed by atoms with Crippen LogP contribution in [0.4, 0.5) is 0 Å². The summed E-state index contributed by atoms with van der Waals surface area (Å²) in [5.74, 6) is -1.47. The van der Waals surface area contributed by atoms with E-state index in [-0.39, 0.29) is 5.56 Å². The summed E-state index contributed by atoms with van der Waals surface area (Å²) in [5.41, 5.74) is -1.53. The molecule has 0 aromatic carbocycles. The van der Waals surface area contributed by atoms with E-state index in [2.05, 4.69) is 20.9 Å². The Balaban J connectivity index is 2.57. The molecule has 12 nitrogen and oxygen atoms in total. The van der Waals surface area contributed by atoms with Crippen molar-refractivity contribution in [3.63, 3.8) is 0 Å². The number of hydrogen-bond acceptors (Lipinski definition) is 10. The third-order valence-electron chi connectivity index (χ3n) is 3.84. The fourth-order valence-corrected chi connectivity index (χ4v) is 3.70. The normalized spacial score (nSPS) is 24.1. The Hall–Kier alpha value is -2.29. The smallest absolute Gasteiger partial charge is 0.330 e. The van der Waals surface area contributed by atoms with Crippen LogP contribution in [0.5, 0.6) is 0 Å². The van der Waals surface area contributed by atoms with E-state index in [9.17, 15) is 27.6 Å². The minimum atomic E-state index is -4.06. The first-order valence-electron chi connectivity index (χ1n) is 8.39. The van der Waals surface area contributed by atoms with Crippen LogP contribution in [0.15, 0.2) is 20.8 Å². The Morgan fingerprint density at radius 2 is 1.93 bits per heavy atom. The molecule has 2 heterocycles. The number of H-pyrrole nitrogens is 1. The summed E-state index contributed by atoms with van der Waals surface area (Å²) >= 11 is 3.02. The van der Waals surface area contributed by atoms with E-state index in [0.717, 1.165) is 30.9 Å². The Morgan fingerprint density at radius 1 is 1.27 bits per heavy atom. The topological polar surface area (TPSA) is 160 Å². The second-order valence-electron chi connectivity index (χ2n) is 6.25. The second-order valence-corrected chi connectivity index (χ2v) is 8.38. The lowest BCUT2D eigenvalue weighted by Gasteiger charge is -2.23. The summed E-state index contributed by atoms with van der Waals surface area (Å²) < 4.78 is 45.2. The zero-order valence-electron chi connectivity index (χ0n) is 16.1. The van der Waals surface area contributed by atoms with E-state index < -0.39 is 64.5 Å². The third-order valence-corrected chi connectivity index (χ3v) is 4.67. The molecule has 1 aromatic heterocycles. The zero-order chi connectivity index (χ0) is 22.6. The molecule has 0 saturated carbocycles. The third kappa shape index (κ3) is 6.10. The molecule has 30 heavy (non-hydrogen) atoms. The number of ether oxygens (including phenoxy) is 3. The van der Waals surface area contributed by atoms with Gasteiger partial charge >= 0.3 is 17.6 Å². The van der Waals surface area contributed by atoms with Crippen molar-refractivity contribution >= 4 is 44.1 Å². The van der Waals surface area contributed by atoms with Crippen molar-refractivity contribution in [3.8, 4) is 0 Å². The average Bonchev–Trinajstić information content (AvgIpc) is 2.91. The van der Waals surface area contributed by atoms with Gasteiger partial charge in [-0.2, -0.15) is 8.42 Å². The highest BCUT2D eigenvalue weighted by molar-refractivity contribution is 9.11. The van der Waals surface area contributed by atoms with E-state index >= 15 is 0 Å². The fourth-order valence-electron chi connectivity index (χ4n) is 2.78. The van der Waals surface area contributed by atoms with Crippen LogP contribution in [0.2, 0.25) is 0 Å². The van der Waals surface area contributed by atoms with Crippen LogP contribution in [-0.4, -0.2) is 61.1 Å². The minimum Gasteiger partial charge on any atom is -0.463 e. The largest absolute Gasteiger partial charge is 0.463 e. The van der Waals surface area contributed by atoms with Gasteiger partial charge < -0.3 is 14.2 Å². The van der Waals surface area contributed by atoms with Gasteiger partial charge in [0.15, 0.2) is 12.3 Å². The summed E-state index contributed by atoms with van der Waals surface area (Å²) in [4.78, 5) is 50.6. The van der Waals surface area contributed by atoms with Crippen LogP contribution in [0.3, 0.4) is 0 Å². The summed E-state index contributed by atoms with van der Waals surface area (Å²) in [7, 11) is -4.06. The van der Waals surface area contributed by atoms with Crippen molar-refractivity contribution in [2.75, 3.05) is 12.9 Å². The summed E-state index contributed by atoms with van der Waals surface area (Å²) in [6, 6.07) is 0. The molecule has 1 aromatic rings. The highest BCUT2D eigenvalue weighted by atomic mass is 79.9. The summed E-state index contributed by atoms with van der Waals surface area (Å²) in [6.45, 7) is 1.77. The molecule has 1 saturated heterocycles. The number of nitrogens with one attached hydrogen (secondary N) is 1. The van der Waals surface area contributed by atoms with E-state index in [1.165, 1.54) is 11.1 Å². The molecule has 0 amide bonds. The first-order valence-corrected chi connectivity index (χ1v) is 11.1. The molecule has 1 aliphatic rings. The number of aromatic amines is 1. The molecule has 0 spiro atoms. The Bertz CT molecular complexity index is 1060. The minimum absolute atomic E-state index is 0.0562. The Labute approximate surface area is 179 Å². The van der Waals surface area contributed by atoms with Gasteiger partial charge in [0.1, 0.15) is 18.8 Å². The molecular weight excluding hydrogens is 492 g/mol. The number of carbonyl (C=O) groups is 2. The lowest BCUT2D eigenvalue weighted by Crippen LogP contribution is -2.42. The molecule has 4 atom stereocenters. The fraction of sp³-hybridized carbons (Fsp3) is 0.500. The molecule has 0 unspecified atom stereocenters. The molecule has 1 N–H and O–H groups in total. The Kier molecular flexibility index (Phi) is 7.74. The van der Waals surface area contributed by atoms with Crippen LogP contribution < -0.4 is 11.2 Å². The summed E-state index contributed by atoms with van der Waals surface area (Å²) in [5, 5.41) is 0. The van der Waals surface area contributed by atoms with Crippen molar-refractivity contribution < 1.29 is 36.4 Å². The van der Waals surface area contributed by atoms with Gasteiger partial charge in [-0.3, -0.25) is 28.1 Å². The van der Waals surface area contributed by atoms with Crippen LogP contribution in [0, 0.1) is 0 Å². The zero-order valence-corrected chi connectivity index (χ0v) is 18.5. The maximum absolute atomic E-state index is 12.4. The standard InChI is InChI=1S/C16H19BrN2O10S/c1-8(20)26-7-11-12(29-30(3,24)25)13(27-9(2)21)15(28-11)19-6-10(4-5-17)14(22)18-16(19)23/h4-6,11-13,15H,7H2,1-3H3,(H,18,22,23)/t11-,12+,13-,15-/m1/s1. The SMILES string of the molecule is CC(=O)OC[C@H]1O[C@@H](n2cc(C=CBr)c(=O)[nH]c2=O)[C@H](OC(C)=O)[C@H]1OS(C)(=O)=O. The Morgan fingerprint density at radius 3 is 2.47 bits per heavy atom. The number of aromatic nitrogens is 2. The van der Waals surface area contributed by atoms with Crippen LogP contribution in [-0.2, 0) is 38.1 Å². The van der Waals surface area contributed by atoms with Crippen molar-refractivity contribution in [1.29, 1.82) is 0 Å². The first kappa shape index (κ1) is 24.0. The number of rotatable bonds is 7. The molecule has 0 aliphatic carbocycles. The molecular formula is C16H19BrN2O10S. The van der Waals surface area contributed by atoms with Gasteiger partial charge in [-0.05, 0) is 11.1 Å². The molecule has 0 bridgehead atoms. The lowest BCUT2D eigenvalue weighted by atomic mass is 10.1.